The van der Waals surface area contributed by atoms with Crippen molar-refractivity contribution >= 4 is 21.7 Å². The summed E-state index contributed by atoms with van der Waals surface area (Å²) in [5, 5.41) is 0.767. The molecular weight excluding hydrogens is 192 g/mol. The first-order valence-corrected chi connectivity index (χ1v) is 4.62. The predicted octanol–water partition coefficient (Wildman–Crippen LogP) is 2.63. The van der Waals surface area contributed by atoms with E-state index in [4.69, 9.17) is 0 Å². The highest BCUT2D eigenvalue weighted by molar-refractivity contribution is 9.09. The number of alkyl halides is 1. The Bertz CT molecular complexity index is 124. The Morgan fingerprint density at radius 2 is 1.90 bits per heavy atom. The second-order valence-corrected chi connectivity index (χ2v) is 4.32. The lowest BCUT2D eigenvalue weighted by Crippen LogP contribution is -2.27. The number of carbonyl (C=O) groups is 1. The van der Waals surface area contributed by atoms with E-state index in [1.807, 2.05) is 27.7 Å². The second kappa shape index (κ2) is 3.51. The van der Waals surface area contributed by atoms with Crippen molar-refractivity contribution in [2.75, 3.05) is 5.33 Å². The van der Waals surface area contributed by atoms with E-state index >= 15 is 0 Å². The SMILES string of the molecule is CC(CBr)C(=O)C(C)(C)C. The van der Waals surface area contributed by atoms with E-state index in [1.54, 1.807) is 0 Å². The standard InChI is InChI=1S/C8H15BrO/c1-6(5-9)7(10)8(2,3)4/h6H,5H2,1-4H3. The summed E-state index contributed by atoms with van der Waals surface area (Å²) >= 11 is 3.29. The largest absolute Gasteiger partial charge is 0.299 e. The van der Waals surface area contributed by atoms with Gasteiger partial charge >= 0.3 is 0 Å². The fourth-order valence-electron chi connectivity index (χ4n) is 0.809. The van der Waals surface area contributed by atoms with E-state index < -0.39 is 0 Å². The maximum Gasteiger partial charge on any atom is 0.141 e. The number of halogens is 1. The van der Waals surface area contributed by atoms with Gasteiger partial charge in [0.25, 0.3) is 0 Å². The minimum Gasteiger partial charge on any atom is -0.299 e. The first-order chi connectivity index (χ1) is 4.39. The average molecular weight is 207 g/mol. The molecule has 0 saturated carbocycles. The highest BCUT2D eigenvalue weighted by Gasteiger charge is 2.25. The van der Waals surface area contributed by atoms with Gasteiger partial charge in [0.1, 0.15) is 5.78 Å². The molecule has 0 spiro atoms. The Balaban J connectivity index is 4.09. The molecule has 0 aromatic carbocycles. The van der Waals surface area contributed by atoms with Crippen molar-refractivity contribution in [3.63, 3.8) is 0 Å². The molecule has 0 aliphatic carbocycles. The third-order valence-corrected chi connectivity index (χ3v) is 2.39. The Labute approximate surface area is 71.3 Å². The maximum atomic E-state index is 11.4. The van der Waals surface area contributed by atoms with Gasteiger partial charge in [-0.25, -0.2) is 0 Å². The van der Waals surface area contributed by atoms with Crippen LogP contribution in [0.1, 0.15) is 27.7 Å². The van der Waals surface area contributed by atoms with Crippen molar-refractivity contribution < 1.29 is 4.79 Å². The molecule has 60 valence electrons. The maximum absolute atomic E-state index is 11.4. The summed E-state index contributed by atoms with van der Waals surface area (Å²) in [7, 11) is 0. The summed E-state index contributed by atoms with van der Waals surface area (Å²) in [6, 6.07) is 0. The Morgan fingerprint density at radius 3 is 2.00 bits per heavy atom. The highest BCUT2D eigenvalue weighted by atomic mass is 79.9. The van der Waals surface area contributed by atoms with Crippen LogP contribution in [0.2, 0.25) is 0 Å². The number of carbonyl (C=O) groups excluding carboxylic acids is 1. The summed E-state index contributed by atoms with van der Waals surface area (Å²) in [6.45, 7) is 7.81. The second-order valence-electron chi connectivity index (χ2n) is 3.67. The van der Waals surface area contributed by atoms with Crippen molar-refractivity contribution in [2.45, 2.75) is 27.7 Å². The van der Waals surface area contributed by atoms with Crippen molar-refractivity contribution in [2.24, 2.45) is 11.3 Å². The molecule has 0 aliphatic heterocycles. The first-order valence-electron chi connectivity index (χ1n) is 3.50. The van der Waals surface area contributed by atoms with E-state index in [2.05, 4.69) is 15.9 Å². The van der Waals surface area contributed by atoms with Gasteiger partial charge in [0.2, 0.25) is 0 Å². The van der Waals surface area contributed by atoms with Gasteiger partial charge in [-0.15, -0.1) is 0 Å². The molecule has 0 aliphatic rings. The van der Waals surface area contributed by atoms with Crippen molar-refractivity contribution in [1.29, 1.82) is 0 Å². The van der Waals surface area contributed by atoms with E-state index in [0.717, 1.165) is 5.33 Å². The quantitative estimate of drug-likeness (QED) is 0.636. The van der Waals surface area contributed by atoms with E-state index in [-0.39, 0.29) is 11.3 Å². The van der Waals surface area contributed by atoms with Crippen LogP contribution in [0, 0.1) is 11.3 Å². The lowest BCUT2D eigenvalue weighted by Gasteiger charge is -2.19. The van der Waals surface area contributed by atoms with Crippen LogP contribution in [-0.2, 0) is 4.79 Å². The smallest absolute Gasteiger partial charge is 0.141 e. The molecule has 10 heavy (non-hydrogen) atoms. The van der Waals surface area contributed by atoms with Crippen molar-refractivity contribution in [3.05, 3.63) is 0 Å². The molecule has 0 heterocycles. The van der Waals surface area contributed by atoms with Crippen LogP contribution in [0.15, 0.2) is 0 Å². The van der Waals surface area contributed by atoms with E-state index in [0.29, 0.717) is 5.78 Å². The van der Waals surface area contributed by atoms with Gasteiger partial charge in [0, 0.05) is 16.7 Å². The molecule has 1 atom stereocenters. The van der Waals surface area contributed by atoms with Gasteiger partial charge in [0.15, 0.2) is 0 Å². The van der Waals surface area contributed by atoms with Gasteiger partial charge in [-0.2, -0.15) is 0 Å². The lowest BCUT2D eigenvalue weighted by molar-refractivity contribution is -0.129. The van der Waals surface area contributed by atoms with E-state index in [9.17, 15) is 4.79 Å². The molecule has 0 N–H and O–H groups in total. The molecule has 1 unspecified atom stereocenters. The van der Waals surface area contributed by atoms with Crippen LogP contribution in [0.4, 0.5) is 0 Å². The van der Waals surface area contributed by atoms with Crippen LogP contribution in [0.25, 0.3) is 0 Å². The molecule has 0 fully saturated rings. The van der Waals surface area contributed by atoms with Crippen molar-refractivity contribution in [1.82, 2.24) is 0 Å². The zero-order valence-electron chi connectivity index (χ0n) is 7.07. The molecule has 0 rings (SSSR count). The molecule has 0 aromatic rings. The molecule has 0 aromatic heterocycles. The lowest BCUT2D eigenvalue weighted by atomic mass is 9.85. The molecule has 0 amide bonds. The fourth-order valence-corrected chi connectivity index (χ4v) is 1.10. The summed E-state index contributed by atoms with van der Waals surface area (Å²) in [4.78, 5) is 11.4. The molecule has 0 radical (unpaired) electrons. The van der Waals surface area contributed by atoms with Crippen LogP contribution < -0.4 is 0 Å². The minimum atomic E-state index is -0.187. The third kappa shape index (κ3) is 2.82. The van der Waals surface area contributed by atoms with Gasteiger partial charge in [-0.05, 0) is 0 Å². The monoisotopic (exact) mass is 206 g/mol. The van der Waals surface area contributed by atoms with Gasteiger partial charge in [-0.1, -0.05) is 43.6 Å². The predicted molar refractivity (Wildman–Crippen MR) is 47.4 cm³/mol. The minimum absolute atomic E-state index is 0.139. The van der Waals surface area contributed by atoms with Gasteiger partial charge < -0.3 is 0 Å². The zero-order valence-corrected chi connectivity index (χ0v) is 8.66. The molecular formula is C8H15BrO. The Morgan fingerprint density at radius 1 is 1.50 bits per heavy atom. The van der Waals surface area contributed by atoms with Crippen molar-refractivity contribution in [3.8, 4) is 0 Å². The van der Waals surface area contributed by atoms with Crippen LogP contribution in [0.3, 0.4) is 0 Å². The van der Waals surface area contributed by atoms with Gasteiger partial charge in [-0.3, -0.25) is 4.79 Å². The number of rotatable bonds is 2. The third-order valence-electron chi connectivity index (χ3n) is 1.42. The number of Topliss-reactive ketones (excluding diaryl/α,β-unsaturated/α-hetero) is 1. The average Bonchev–Trinajstić information content (AvgIpc) is 1.83. The Hall–Kier alpha value is 0.150. The highest BCUT2D eigenvalue weighted by Crippen LogP contribution is 2.20. The molecule has 0 bridgehead atoms. The summed E-state index contributed by atoms with van der Waals surface area (Å²) in [6.07, 6.45) is 0. The number of hydrogen-bond donors (Lipinski definition) is 0. The summed E-state index contributed by atoms with van der Waals surface area (Å²) < 4.78 is 0. The topological polar surface area (TPSA) is 17.1 Å². The number of ketones is 1. The fraction of sp³-hybridized carbons (Fsp3) is 0.875. The van der Waals surface area contributed by atoms with E-state index in [1.165, 1.54) is 0 Å². The molecule has 0 saturated heterocycles. The molecule has 2 heteroatoms. The number of hydrogen-bond acceptors (Lipinski definition) is 1. The summed E-state index contributed by atoms with van der Waals surface area (Å²) in [5.41, 5.74) is -0.187. The van der Waals surface area contributed by atoms with Gasteiger partial charge in [0.05, 0.1) is 0 Å². The molecule has 1 nitrogen and oxygen atoms in total. The summed E-state index contributed by atoms with van der Waals surface area (Å²) in [5.74, 6) is 0.462. The zero-order chi connectivity index (χ0) is 8.36. The van der Waals surface area contributed by atoms with Crippen LogP contribution >= 0.6 is 15.9 Å². The van der Waals surface area contributed by atoms with Crippen LogP contribution in [-0.4, -0.2) is 11.1 Å². The first kappa shape index (κ1) is 10.2. The normalized spacial score (nSPS) is 14.9. The van der Waals surface area contributed by atoms with Crippen LogP contribution in [0.5, 0.6) is 0 Å². The Kier molecular flexibility index (Phi) is 3.57.